The average molecular weight is 537 g/mol. The summed E-state index contributed by atoms with van der Waals surface area (Å²) in [5, 5.41) is 21.7. The summed E-state index contributed by atoms with van der Waals surface area (Å²) in [6.07, 6.45) is 3.24. The van der Waals surface area contributed by atoms with Gasteiger partial charge in [0.15, 0.2) is 11.5 Å². The minimum absolute atomic E-state index is 0.0556. The molecule has 0 radical (unpaired) electrons. The van der Waals surface area contributed by atoms with Gasteiger partial charge in [0, 0.05) is 24.5 Å². The van der Waals surface area contributed by atoms with Crippen molar-refractivity contribution >= 4 is 17.4 Å². The normalized spacial score (nSPS) is 16.2. The smallest absolute Gasteiger partial charge is 0.295 e. The Balaban J connectivity index is 1.52. The van der Waals surface area contributed by atoms with Gasteiger partial charge in [-0.25, -0.2) is 0 Å². The first kappa shape index (κ1) is 26.5. The second-order valence-electron chi connectivity index (χ2n) is 9.25. The van der Waals surface area contributed by atoms with Gasteiger partial charge in [0.05, 0.1) is 18.2 Å². The van der Waals surface area contributed by atoms with Crippen molar-refractivity contribution in [3.05, 3.63) is 125 Å². The second-order valence-corrected chi connectivity index (χ2v) is 9.25. The number of aromatic hydroxyl groups is 1. The predicted molar refractivity (Wildman–Crippen MR) is 149 cm³/mol. The zero-order chi connectivity index (χ0) is 28.1. The van der Waals surface area contributed by atoms with Gasteiger partial charge in [-0.15, -0.1) is 0 Å². The molecule has 40 heavy (non-hydrogen) atoms. The molecule has 3 aromatic carbocycles. The Labute approximate surface area is 231 Å². The SMILES string of the molecule is CCOc1cc(C2/C(=C(\O)c3ccc(OCc4ccccc4)cc3)C(=O)C(=O)N2Cc2cccnc2)ccc1O. The number of hydrogen-bond acceptors (Lipinski definition) is 7. The van der Waals surface area contributed by atoms with Crippen molar-refractivity contribution in [1.29, 1.82) is 0 Å². The van der Waals surface area contributed by atoms with Gasteiger partial charge in [-0.3, -0.25) is 14.6 Å². The number of rotatable bonds is 9. The molecule has 8 nitrogen and oxygen atoms in total. The molecule has 4 aromatic rings. The molecule has 2 N–H and O–H groups in total. The number of carbonyl (C=O) groups is 2. The van der Waals surface area contributed by atoms with Crippen LogP contribution in [0.4, 0.5) is 0 Å². The topological polar surface area (TPSA) is 109 Å². The summed E-state index contributed by atoms with van der Waals surface area (Å²) in [5.41, 5.74) is 2.55. The number of likely N-dealkylation sites (tertiary alicyclic amines) is 1. The van der Waals surface area contributed by atoms with E-state index in [1.807, 2.05) is 30.3 Å². The lowest BCUT2D eigenvalue weighted by Gasteiger charge is -2.26. The molecule has 1 unspecified atom stereocenters. The van der Waals surface area contributed by atoms with Crippen LogP contribution in [-0.4, -0.2) is 38.4 Å². The summed E-state index contributed by atoms with van der Waals surface area (Å²) >= 11 is 0. The number of benzene rings is 3. The summed E-state index contributed by atoms with van der Waals surface area (Å²) in [5.74, 6) is -1.12. The highest BCUT2D eigenvalue weighted by molar-refractivity contribution is 6.46. The van der Waals surface area contributed by atoms with Crippen LogP contribution >= 0.6 is 0 Å². The van der Waals surface area contributed by atoms with Gasteiger partial charge in [-0.1, -0.05) is 42.5 Å². The number of phenolic OH excluding ortho intramolecular Hbond substituents is 1. The number of ether oxygens (including phenoxy) is 2. The van der Waals surface area contributed by atoms with Gasteiger partial charge >= 0.3 is 0 Å². The number of aromatic nitrogens is 1. The van der Waals surface area contributed by atoms with Crippen molar-refractivity contribution in [1.82, 2.24) is 9.88 Å². The molecule has 1 aliphatic rings. The molecule has 1 fully saturated rings. The summed E-state index contributed by atoms with van der Waals surface area (Å²) in [4.78, 5) is 32.2. The standard InChI is InChI=1S/C32H28N2O6/c1-2-39-27-17-24(12-15-26(27)35)29-28(31(37)32(38)34(29)19-22-9-6-16-33-18-22)30(36)23-10-13-25(14-11-23)40-20-21-7-4-3-5-8-21/h3-18,29,35-36H,2,19-20H2,1H3/b30-28+. The molecule has 1 aliphatic heterocycles. The first-order valence-electron chi connectivity index (χ1n) is 12.9. The highest BCUT2D eigenvalue weighted by Gasteiger charge is 2.46. The maximum Gasteiger partial charge on any atom is 0.295 e. The maximum atomic E-state index is 13.4. The van der Waals surface area contributed by atoms with E-state index in [2.05, 4.69) is 4.98 Å². The molecular weight excluding hydrogens is 508 g/mol. The summed E-state index contributed by atoms with van der Waals surface area (Å²) in [6, 6.07) is 23.7. The molecule has 202 valence electrons. The Morgan fingerprint density at radius 1 is 0.925 bits per heavy atom. The van der Waals surface area contributed by atoms with E-state index in [4.69, 9.17) is 9.47 Å². The first-order valence-corrected chi connectivity index (χ1v) is 12.9. The highest BCUT2D eigenvalue weighted by atomic mass is 16.5. The average Bonchev–Trinajstić information content (AvgIpc) is 3.23. The van der Waals surface area contributed by atoms with Gasteiger partial charge in [-0.05, 0) is 66.1 Å². The fourth-order valence-corrected chi connectivity index (χ4v) is 4.66. The number of amides is 1. The molecular formula is C32H28N2O6. The maximum absolute atomic E-state index is 13.4. The lowest BCUT2D eigenvalue weighted by molar-refractivity contribution is -0.140. The largest absolute Gasteiger partial charge is 0.507 e. The van der Waals surface area contributed by atoms with Crippen LogP contribution in [0.15, 0.2) is 103 Å². The Bertz CT molecular complexity index is 1540. The number of aliphatic hydroxyl groups excluding tert-OH is 1. The molecule has 0 bridgehead atoms. The Morgan fingerprint density at radius 3 is 2.38 bits per heavy atom. The van der Waals surface area contributed by atoms with E-state index >= 15 is 0 Å². The van der Waals surface area contributed by atoms with Gasteiger partial charge in [0.25, 0.3) is 11.7 Å². The monoisotopic (exact) mass is 536 g/mol. The van der Waals surface area contributed by atoms with Crippen LogP contribution in [0.5, 0.6) is 17.2 Å². The first-order chi connectivity index (χ1) is 19.5. The van der Waals surface area contributed by atoms with Gasteiger partial charge in [-0.2, -0.15) is 0 Å². The van der Waals surface area contributed by atoms with E-state index in [9.17, 15) is 19.8 Å². The fraction of sp³-hybridized carbons (Fsp3) is 0.156. The number of Topliss-reactive ketones (excluding diaryl/α,β-unsaturated/α-hetero) is 1. The molecule has 2 heterocycles. The van der Waals surface area contributed by atoms with Crippen molar-refractivity contribution < 1.29 is 29.3 Å². The van der Waals surface area contributed by atoms with Crippen LogP contribution in [0.3, 0.4) is 0 Å². The third-order valence-corrected chi connectivity index (χ3v) is 6.59. The summed E-state index contributed by atoms with van der Waals surface area (Å²) in [6.45, 7) is 2.57. The number of aliphatic hydroxyl groups is 1. The predicted octanol–water partition coefficient (Wildman–Crippen LogP) is 5.39. The molecule has 8 heteroatoms. The molecule has 1 atom stereocenters. The molecule has 1 saturated heterocycles. The van der Waals surface area contributed by atoms with Crippen LogP contribution in [0, 0.1) is 0 Å². The van der Waals surface area contributed by atoms with E-state index in [1.165, 1.54) is 11.0 Å². The lowest BCUT2D eigenvalue weighted by atomic mass is 9.94. The molecule has 1 aromatic heterocycles. The van der Waals surface area contributed by atoms with Crippen LogP contribution < -0.4 is 9.47 Å². The quantitative estimate of drug-likeness (QED) is 0.168. The fourth-order valence-electron chi connectivity index (χ4n) is 4.66. The minimum atomic E-state index is -0.922. The lowest BCUT2D eigenvalue weighted by Crippen LogP contribution is -2.29. The zero-order valence-electron chi connectivity index (χ0n) is 21.9. The second kappa shape index (κ2) is 11.7. The summed E-state index contributed by atoms with van der Waals surface area (Å²) in [7, 11) is 0. The van der Waals surface area contributed by atoms with Crippen molar-refractivity contribution in [2.75, 3.05) is 6.61 Å². The highest BCUT2D eigenvalue weighted by Crippen LogP contribution is 2.42. The number of phenols is 1. The molecule has 1 amide bonds. The van der Waals surface area contributed by atoms with Crippen LogP contribution in [0.1, 0.15) is 35.2 Å². The van der Waals surface area contributed by atoms with E-state index in [0.717, 1.165) is 11.1 Å². The Morgan fingerprint density at radius 2 is 1.68 bits per heavy atom. The van der Waals surface area contributed by atoms with Crippen molar-refractivity contribution in [3.8, 4) is 17.2 Å². The van der Waals surface area contributed by atoms with E-state index in [-0.39, 0.29) is 29.4 Å². The van der Waals surface area contributed by atoms with Crippen molar-refractivity contribution in [2.45, 2.75) is 26.1 Å². The number of carbonyl (C=O) groups excluding carboxylic acids is 2. The number of pyridine rings is 1. The molecule has 0 saturated carbocycles. The van der Waals surface area contributed by atoms with E-state index in [0.29, 0.717) is 30.1 Å². The number of hydrogen-bond donors (Lipinski definition) is 2. The molecule has 5 rings (SSSR count). The van der Waals surface area contributed by atoms with Gasteiger partial charge in [0.1, 0.15) is 18.1 Å². The van der Waals surface area contributed by atoms with E-state index in [1.54, 1.807) is 67.8 Å². The van der Waals surface area contributed by atoms with Gasteiger partial charge < -0.3 is 24.6 Å². The van der Waals surface area contributed by atoms with Crippen LogP contribution in [0.25, 0.3) is 5.76 Å². The van der Waals surface area contributed by atoms with Crippen molar-refractivity contribution in [3.63, 3.8) is 0 Å². The van der Waals surface area contributed by atoms with E-state index < -0.39 is 17.7 Å². The minimum Gasteiger partial charge on any atom is -0.507 e. The Kier molecular flexibility index (Phi) is 7.77. The number of nitrogens with zero attached hydrogens (tertiary/aromatic N) is 2. The number of ketones is 1. The molecule has 0 aliphatic carbocycles. The molecule has 0 spiro atoms. The third-order valence-electron chi connectivity index (χ3n) is 6.59. The zero-order valence-corrected chi connectivity index (χ0v) is 21.9. The third kappa shape index (κ3) is 5.51. The van der Waals surface area contributed by atoms with Crippen molar-refractivity contribution in [2.24, 2.45) is 0 Å². The van der Waals surface area contributed by atoms with Crippen LogP contribution in [0.2, 0.25) is 0 Å². The Hall–Kier alpha value is -5.11. The van der Waals surface area contributed by atoms with Crippen LogP contribution in [-0.2, 0) is 22.7 Å². The summed E-state index contributed by atoms with van der Waals surface area (Å²) < 4.78 is 11.4. The van der Waals surface area contributed by atoms with Gasteiger partial charge in [0.2, 0.25) is 0 Å².